The van der Waals surface area contributed by atoms with Gasteiger partial charge in [0.2, 0.25) is 10.0 Å². The third kappa shape index (κ3) is 5.15. The molecule has 1 fully saturated rings. The van der Waals surface area contributed by atoms with E-state index in [1.54, 1.807) is 0 Å². The molecule has 1 aliphatic carbocycles. The van der Waals surface area contributed by atoms with Crippen LogP contribution in [0, 0.1) is 0 Å². The van der Waals surface area contributed by atoms with Crippen LogP contribution in [0.1, 0.15) is 51.9 Å². The molecule has 0 spiro atoms. The summed E-state index contributed by atoms with van der Waals surface area (Å²) in [6, 6.07) is 0. The van der Waals surface area contributed by atoms with Gasteiger partial charge in [0.05, 0.1) is 5.25 Å². The summed E-state index contributed by atoms with van der Waals surface area (Å²) in [5.41, 5.74) is 0. The van der Waals surface area contributed by atoms with E-state index in [0.717, 1.165) is 38.5 Å². The zero-order valence-electron chi connectivity index (χ0n) is 9.91. The minimum absolute atomic E-state index is 0.136. The normalized spacial score (nSPS) is 20.9. The Bertz CT molecular complexity index is 284. The van der Waals surface area contributed by atoms with Gasteiger partial charge in [0.15, 0.2) is 0 Å². The van der Waals surface area contributed by atoms with Crippen molar-refractivity contribution in [1.29, 1.82) is 0 Å². The van der Waals surface area contributed by atoms with Crippen LogP contribution in [0.15, 0.2) is 0 Å². The second kappa shape index (κ2) is 6.97. The van der Waals surface area contributed by atoms with E-state index >= 15 is 0 Å². The van der Waals surface area contributed by atoms with E-state index in [0.29, 0.717) is 11.4 Å². The third-order valence-corrected chi connectivity index (χ3v) is 5.49. The Morgan fingerprint density at radius 2 is 1.94 bits per heavy atom. The molecular formula is C11H22BrNO2S. The van der Waals surface area contributed by atoms with Crippen molar-refractivity contribution in [2.45, 2.75) is 61.9 Å². The molecule has 16 heavy (non-hydrogen) atoms. The molecular weight excluding hydrogens is 290 g/mol. The molecule has 0 saturated heterocycles. The predicted octanol–water partition coefficient (Wildman–Crippen LogP) is 2.80. The van der Waals surface area contributed by atoms with E-state index in [1.807, 2.05) is 0 Å². The van der Waals surface area contributed by atoms with Gasteiger partial charge in [-0.05, 0) is 25.7 Å². The van der Waals surface area contributed by atoms with Crippen LogP contribution in [0.4, 0.5) is 0 Å². The summed E-state index contributed by atoms with van der Waals surface area (Å²) in [6.45, 7) is 2.66. The van der Waals surface area contributed by atoms with Crippen LogP contribution in [-0.2, 0) is 10.0 Å². The number of halogens is 1. The fraction of sp³-hybridized carbons (Fsp3) is 1.00. The van der Waals surface area contributed by atoms with E-state index in [1.165, 1.54) is 6.42 Å². The number of rotatable bonds is 6. The molecule has 0 heterocycles. The topological polar surface area (TPSA) is 46.2 Å². The fourth-order valence-electron chi connectivity index (χ4n) is 2.09. The van der Waals surface area contributed by atoms with Crippen LogP contribution in [0.3, 0.4) is 0 Å². The molecule has 0 aromatic rings. The summed E-state index contributed by atoms with van der Waals surface area (Å²) < 4.78 is 26.6. The van der Waals surface area contributed by atoms with Gasteiger partial charge in [0.1, 0.15) is 0 Å². The SMILES string of the molecule is CC(Br)CCCNS(=O)(=O)C1CCCCC1. The number of hydrogen-bond acceptors (Lipinski definition) is 2. The molecule has 1 saturated carbocycles. The quantitative estimate of drug-likeness (QED) is 0.605. The van der Waals surface area contributed by atoms with Crippen molar-refractivity contribution in [2.24, 2.45) is 0 Å². The van der Waals surface area contributed by atoms with Gasteiger partial charge < -0.3 is 0 Å². The van der Waals surface area contributed by atoms with Crippen molar-refractivity contribution in [3.63, 3.8) is 0 Å². The Morgan fingerprint density at radius 3 is 2.50 bits per heavy atom. The highest BCUT2D eigenvalue weighted by molar-refractivity contribution is 9.09. The van der Waals surface area contributed by atoms with E-state index < -0.39 is 10.0 Å². The number of alkyl halides is 1. The minimum atomic E-state index is -3.05. The zero-order chi connectivity index (χ0) is 12.0. The van der Waals surface area contributed by atoms with Gasteiger partial charge in [-0.1, -0.05) is 42.1 Å². The summed E-state index contributed by atoms with van der Waals surface area (Å²) in [5.74, 6) is 0. The average molecular weight is 312 g/mol. The molecule has 0 amide bonds. The largest absolute Gasteiger partial charge is 0.215 e. The van der Waals surface area contributed by atoms with Gasteiger partial charge in [0.25, 0.3) is 0 Å². The Balaban J connectivity index is 2.27. The molecule has 0 aliphatic heterocycles. The van der Waals surface area contributed by atoms with Crippen LogP contribution in [0.2, 0.25) is 0 Å². The molecule has 1 unspecified atom stereocenters. The van der Waals surface area contributed by atoms with Crippen LogP contribution in [-0.4, -0.2) is 25.0 Å². The lowest BCUT2D eigenvalue weighted by molar-refractivity contribution is 0.477. The highest BCUT2D eigenvalue weighted by atomic mass is 79.9. The molecule has 96 valence electrons. The monoisotopic (exact) mass is 311 g/mol. The molecule has 0 bridgehead atoms. The lowest BCUT2D eigenvalue weighted by atomic mass is 10.0. The van der Waals surface area contributed by atoms with Gasteiger partial charge in [-0.3, -0.25) is 0 Å². The van der Waals surface area contributed by atoms with Gasteiger partial charge in [-0.25, -0.2) is 13.1 Å². The fourth-order valence-corrected chi connectivity index (χ4v) is 4.03. The highest BCUT2D eigenvalue weighted by Crippen LogP contribution is 2.22. The van der Waals surface area contributed by atoms with Gasteiger partial charge in [-0.2, -0.15) is 0 Å². The van der Waals surface area contributed by atoms with Crippen molar-refractivity contribution < 1.29 is 8.42 Å². The van der Waals surface area contributed by atoms with E-state index in [9.17, 15) is 8.42 Å². The van der Waals surface area contributed by atoms with Crippen molar-refractivity contribution in [3.05, 3.63) is 0 Å². The summed E-state index contributed by atoms with van der Waals surface area (Å²) in [5, 5.41) is -0.136. The molecule has 5 heteroatoms. The van der Waals surface area contributed by atoms with Crippen molar-refractivity contribution in [3.8, 4) is 0 Å². The van der Waals surface area contributed by atoms with Gasteiger partial charge in [0, 0.05) is 11.4 Å². The first-order chi connectivity index (χ1) is 7.52. The molecule has 0 aromatic heterocycles. The highest BCUT2D eigenvalue weighted by Gasteiger charge is 2.26. The Hall–Kier alpha value is 0.390. The smallest absolute Gasteiger partial charge is 0.214 e. The van der Waals surface area contributed by atoms with Crippen LogP contribution in [0.5, 0.6) is 0 Å². The average Bonchev–Trinajstić information content (AvgIpc) is 2.26. The van der Waals surface area contributed by atoms with Crippen molar-refractivity contribution >= 4 is 26.0 Å². The zero-order valence-corrected chi connectivity index (χ0v) is 12.3. The summed E-state index contributed by atoms with van der Waals surface area (Å²) in [6.07, 6.45) is 6.89. The van der Waals surface area contributed by atoms with Gasteiger partial charge >= 0.3 is 0 Å². The Labute approximate surface area is 108 Å². The lowest BCUT2D eigenvalue weighted by Crippen LogP contribution is -2.36. The summed E-state index contributed by atoms with van der Waals surface area (Å²) in [4.78, 5) is 0.465. The molecule has 3 nitrogen and oxygen atoms in total. The first-order valence-corrected chi connectivity index (χ1v) is 8.61. The van der Waals surface area contributed by atoms with E-state index in [-0.39, 0.29) is 5.25 Å². The number of hydrogen-bond donors (Lipinski definition) is 1. The molecule has 1 rings (SSSR count). The minimum Gasteiger partial charge on any atom is -0.215 e. The van der Waals surface area contributed by atoms with Crippen molar-refractivity contribution in [2.75, 3.05) is 6.54 Å². The second-order valence-electron chi connectivity index (χ2n) is 4.62. The summed E-state index contributed by atoms with van der Waals surface area (Å²) >= 11 is 3.45. The first-order valence-electron chi connectivity index (χ1n) is 6.15. The number of nitrogens with one attached hydrogen (secondary N) is 1. The van der Waals surface area contributed by atoms with E-state index in [4.69, 9.17) is 0 Å². The molecule has 1 atom stereocenters. The Kier molecular flexibility index (Phi) is 6.29. The lowest BCUT2D eigenvalue weighted by Gasteiger charge is -2.22. The maximum Gasteiger partial charge on any atom is 0.214 e. The third-order valence-electron chi connectivity index (χ3n) is 3.07. The Morgan fingerprint density at radius 1 is 1.31 bits per heavy atom. The van der Waals surface area contributed by atoms with Crippen molar-refractivity contribution in [1.82, 2.24) is 4.72 Å². The molecule has 1 N–H and O–H groups in total. The molecule has 0 radical (unpaired) electrons. The van der Waals surface area contributed by atoms with Crippen LogP contribution in [0.25, 0.3) is 0 Å². The number of sulfonamides is 1. The van der Waals surface area contributed by atoms with Crippen LogP contribution < -0.4 is 4.72 Å². The van der Waals surface area contributed by atoms with E-state index in [2.05, 4.69) is 27.6 Å². The maximum absolute atomic E-state index is 11.9. The van der Waals surface area contributed by atoms with Crippen LogP contribution >= 0.6 is 15.9 Å². The maximum atomic E-state index is 11.9. The molecule has 1 aliphatic rings. The summed E-state index contributed by atoms with van der Waals surface area (Å²) in [7, 11) is -3.05. The first kappa shape index (κ1) is 14.5. The molecule has 0 aromatic carbocycles. The standard InChI is InChI=1S/C11H22BrNO2S/c1-10(12)6-5-9-13-16(14,15)11-7-3-2-4-8-11/h10-11,13H,2-9H2,1H3. The second-order valence-corrected chi connectivity index (χ2v) is 8.23. The van der Waals surface area contributed by atoms with Gasteiger partial charge in [-0.15, -0.1) is 0 Å². The predicted molar refractivity (Wildman–Crippen MR) is 71.4 cm³/mol.